The van der Waals surface area contributed by atoms with E-state index in [1.54, 1.807) is 23.1 Å². The normalized spacial score (nSPS) is 15.6. The molecule has 7 heteroatoms. The van der Waals surface area contributed by atoms with Crippen LogP contribution >= 0.6 is 23.2 Å². The zero-order chi connectivity index (χ0) is 17.7. The van der Waals surface area contributed by atoms with Crippen LogP contribution in [0.5, 0.6) is 0 Å². The monoisotopic (exact) mass is 371 g/mol. The highest BCUT2D eigenvalue weighted by atomic mass is 35.5. The predicted octanol–water partition coefficient (Wildman–Crippen LogP) is 2.52. The quantitative estimate of drug-likeness (QED) is 0.864. The van der Waals surface area contributed by atoms with Crippen LogP contribution in [0.15, 0.2) is 18.2 Å². The maximum Gasteiger partial charge on any atom is 0.255 e. The van der Waals surface area contributed by atoms with Crippen molar-refractivity contribution in [1.82, 2.24) is 15.1 Å². The summed E-state index contributed by atoms with van der Waals surface area (Å²) in [5, 5.41) is 3.78. The fourth-order valence-electron chi connectivity index (χ4n) is 2.52. The molecule has 5 nitrogen and oxygen atoms in total. The van der Waals surface area contributed by atoms with E-state index < -0.39 is 0 Å². The summed E-state index contributed by atoms with van der Waals surface area (Å²) >= 11 is 12.0. The van der Waals surface area contributed by atoms with E-state index in [2.05, 4.69) is 24.1 Å². The lowest BCUT2D eigenvalue weighted by atomic mass is 10.1. The molecule has 1 aliphatic heterocycles. The third-order valence-electron chi connectivity index (χ3n) is 3.90. The van der Waals surface area contributed by atoms with Crippen LogP contribution < -0.4 is 5.32 Å². The van der Waals surface area contributed by atoms with E-state index in [1.165, 1.54) is 0 Å². The van der Waals surface area contributed by atoms with Crippen molar-refractivity contribution in [3.63, 3.8) is 0 Å². The highest BCUT2D eigenvalue weighted by Crippen LogP contribution is 2.22. The summed E-state index contributed by atoms with van der Waals surface area (Å²) < 4.78 is 0. The number of rotatable bonds is 5. The average Bonchev–Trinajstić information content (AvgIpc) is 2.53. The molecule has 1 saturated heterocycles. The van der Waals surface area contributed by atoms with Crippen molar-refractivity contribution in [3.8, 4) is 0 Å². The highest BCUT2D eigenvalue weighted by Gasteiger charge is 2.24. The van der Waals surface area contributed by atoms with Crippen LogP contribution in [0.2, 0.25) is 10.0 Å². The first-order valence-electron chi connectivity index (χ1n) is 8.10. The smallest absolute Gasteiger partial charge is 0.255 e. The van der Waals surface area contributed by atoms with Gasteiger partial charge in [0.25, 0.3) is 5.91 Å². The summed E-state index contributed by atoms with van der Waals surface area (Å²) in [6, 6.07) is 4.89. The molecule has 2 amide bonds. The van der Waals surface area contributed by atoms with Gasteiger partial charge in [-0.1, -0.05) is 37.0 Å². The van der Waals surface area contributed by atoms with Crippen molar-refractivity contribution in [3.05, 3.63) is 33.8 Å². The zero-order valence-corrected chi connectivity index (χ0v) is 15.5. The molecule has 1 heterocycles. The molecule has 1 N–H and O–H groups in total. The van der Waals surface area contributed by atoms with Crippen molar-refractivity contribution in [2.24, 2.45) is 5.92 Å². The first-order chi connectivity index (χ1) is 11.4. The summed E-state index contributed by atoms with van der Waals surface area (Å²) in [7, 11) is 0. The van der Waals surface area contributed by atoms with Gasteiger partial charge in [0.1, 0.15) is 0 Å². The number of amides is 2. The Kier molecular flexibility index (Phi) is 6.90. The minimum atomic E-state index is -0.0967. The highest BCUT2D eigenvalue weighted by molar-refractivity contribution is 6.36. The van der Waals surface area contributed by atoms with Crippen molar-refractivity contribution in [2.45, 2.75) is 13.8 Å². The molecule has 132 valence electrons. The topological polar surface area (TPSA) is 52.7 Å². The third-order valence-corrected chi connectivity index (χ3v) is 4.44. The van der Waals surface area contributed by atoms with Crippen molar-refractivity contribution in [1.29, 1.82) is 0 Å². The van der Waals surface area contributed by atoms with Gasteiger partial charge in [0.05, 0.1) is 17.1 Å². The van der Waals surface area contributed by atoms with Gasteiger partial charge in [-0.3, -0.25) is 14.5 Å². The van der Waals surface area contributed by atoms with Crippen LogP contribution in [0.1, 0.15) is 24.2 Å². The van der Waals surface area contributed by atoms with Gasteiger partial charge < -0.3 is 10.2 Å². The van der Waals surface area contributed by atoms with Gasteiger partial charge >= 0.3 is 0 Å². The SMILES string of the molecule is CC(C)CNC(=O)CN1CCN(C(=O)c2ccc(Cl)cc2Cl)CC1. The van der Waals surface area contributed by atoms with E-state index in [-0.39, 0.29) is 11.8 Å². The number of hydrogen-bond donors (Lipinski definition) is 1. The number of nitrogens with zero attached hydrogens (tertiary/aromatic N) is 2. The third kappa shape index (κ3) is 5.36. The molecule has 0 aliphatic carbocycles. The van der Waals surface area contributed by atoms with Crippen LogP contribution in [0.4, 0.5) is 0 Å². The van der Waals surface area contributed by atoms with E-state index in [9.17, 15) is 9.59 Å². The molecule has 1 aromatic carbocycles. The Morgan fingerprint density at radius 3 is 2.42 bits per heavy atom. The van der Waals surface area contributed by atoms with E-state index in [0.717, 1.165) is 0 Å². The minimum absolute atomic E-state index is 0.0317. The standard InChI is InChI=1S/C17H23Cl2N3O2/c1-12(2)10-20-16(23)11-21-5-7-22(8-6-21)17(24)14-4-3-13(18)9-15(14)19/h3-4,9,12H,5-8,10-11H2,1-2H3,(H,20,23). The lowest BCUT2D eigenvalue weighted by Crippen LogP contribution is -2.51. The van der Waals surface area contributed by atoms with Crippen molar-refractivity contribution < 1.29 is 9.59 Å². The first-order valence-corrected chi connectivity index (χ1v) is 8.85. The van der Waals surface area contributed by atoms with Gasteiger partial charge in [-0.2, -0.15) is 0 Å². The molecule has 0 saturated carbocycles. The molecule has 2 rings (SSSR count). The molecule has 1 aliphatic rings. The van der Waals surface area contributed by atoms with Gasteiger partial charge in [-0.05, 0) is 24.1 Å². The second kappa shape index (κ2) is 8.70. The molecule has 0 spiro atoms. The van der Waals surface area contributed by atoms with Gasteiger partial charge in [-0.15, -0.1) is 0 Å². The van der Waals surface area contributed by atoms with Crippen LogP contribution in [0.3, 0.4) is 0 Å². The van der Waals surface area contributed by atoms with Crippen LogP contribution in [-0.4, -0.2) is 60.9 Å². The van der Waals surface area contributed by atoms with Crippen molar-refractivity contribution >= 4 is 35.0 Å². The summed E-state index contributed by atoms with van der Waals surface area (Å²) in [6.07, 6.45) is 0. The number of nitrogens with one attached hydrogen (secondary N) is 1. The number of carbonyl (C=O) groups is 2. The fourth-order valence-corrected chi connectivity index (χ4v) is 3.01. The molecule has 0 atom stereocenters. The zero-order valence-electron chi connectivity index (χ0n) is 14.0. The Bertz CT molecular complexity index is 599. The lowest BCUT2D eigenvalue weighted by molar-refractivity contribution is -0.122. The maximum absolute atomic E-state index is 12.5. The van der Waals surface area contributed by atoms with Gasteiger partial charge in [-0.25, -0.2) is 0 Å². The molecule has 1 fully saturated rings. The number of carbonyl (C=O) groups excluding carboxylic acids is 2. The lowest BCUT2D eigenvalue weighted by Gasteiger charge is -2.34. The number of piperazine rings is 1. The summed E-state index contributed by atoms with van der Waals surface area (Å²) in [5.41, 5.74) is 0.462. The molecule has 0 aromatic heterocycles. The van der Waals surface area contributed by atoms with Crippen molar-refractivity contribution in [2.75, 3.05) is 39.3 Å². The Balaban J connectivity index is 1.84. The molecule has 0 bridgehead atoms. The largest absolute Gasteiger partial charge is 0.355 e. The van der Waals surface area contributed by atoms with Crippen LogP contribution in [0.25, 0.3) is 0 Å². The number of hydrogen-bond acceptors (Lipinski definition) is 3. The number of benzene rings is 1. The maximum atomic E-state index is 12.5. The second-order valence-corrected chi connectivity index (χ2v) is 7.23. The molecular weight excluding hydrogens is 349 g/mol. The average molecular weight is 372 g/mol. The predicted molar refractivity (Wildman–Crippen MR) is 96.7 cm³/mol. The van der Waals surface area contributed by atoms with Gasteiger partial charge in [0.15, 0.2) is 0 Å². The Hall–Kier alpha value is -1.30. The van der Waals surface area contributed by atoms with Crippen LogP contribution in [-0.2, 0) is 4.79 Å². The number of halogens is 2. The Labute approximate surface area is 152 Å². The van der Waals surface area contributed by atoms with E-state index in [4.69, 9.17) is 23.2 Å². The summed E-state index contributed by atoms with van der Waals surface area (Å²) in [4.78, 5) is 28.2. The fraction of sp³-hybridized carbons (Fsp3) is 0.529. The van der Waals surface area contributed by atoms with E-state index in [1.807, 2.05) is 0 Å². The van der Waals surface area contributed by atoms with Crippen LogP contribution in [0, 0.1) is 5.92 Å². The molecule has 1 aromatic rings. The summed E-state index contributed by atoms with van der Waals surface area (Å²) in [6.45, 7) is 7.69. The second-order valence-electron chi connectivity index (χ2n) is 6.39. The molecular formula is C17H23Cl2N3O2. The van der Waals surface area contributed by atoms with Gasteiger partial charge in [0.2, 0.25) is 5.91 Å². The Morgan fingerprint density at radius 1 is 1.17 bits per heavy atom. The molecule has 0 unspecified atom stereocenters. The first kappa shape index (κ1) is 19.0. The molecule has 24 heavy (non-hydrogen) atoms. The van der Waals surface area contributed by atoms with E-state index in [0.29, 0.717) is 60.8 Å². The van der Waals surface area contributed by atoms with E-state index >= 15 is 0 Å². The minimum Gasteiger partial charge on any atom is -0.355 e. The summed E-state index contributed by atoms with van der Waals surface area (Å²) in [5.74, 6) is 0.373. The van der Waals surface area contributed by atoms with Gasteiger partial charge in [0, 0.05) is 37.7 Å². The molecule has 0 radical (unpaired) electrons. The Morgan fingerprint density at radius 2 is 1.83 bits per heavy atom.